The predicted octanol–water partition coefficient (Wildman–Crippen LogP) is 2.61. The lowest BCUT2D eigenvalue weighted by atomic mass is 10.1. The molecular formula is C14H14FNO2S. The largest absolute Gasteiger partial charge is 0.240 e. The van der Waals surface area contributed by atoms with Gasteiger partial charge in [-0.3, -0.25) is 0 Å². The molecule has 0 aromatic heterocycles. The molecule has 1 N–H and O–H groups in total. The van der Waals surface area contributed by atoms with Crippen LogP contribution in [0.1, 0.15) is 11.1 Å². The summed E-state index contributed by atoms with van der Waals surface area (Å²) in [6, 6.07) is 12.7. The number of sulfonamides is 1. The minimum atomic E-state index is -3.55. The van der Waals surface area contributed by atoms with Crippen molar-refractivity contribution in [2.75, 3.05) is 0 Å². The minimum Gasteiger partial charge on any atom is -0.207 e. The van der Waals surface area contributed by atoms with Crippen molar-refractivity contribution in [3.05, 3.63) is 65.5 Å². The molecule has 0 radical (unpaired) electrons. The number of halogens is 1. The van der Waals surface area contributed by atoms with Gasteiger partial charge in [0, 0.05) is 6.54 Å². The highest BCUT2D eigenvalue weighted by atomic mass is 32.2. The van der Waals surface area contributed by atoms with Gasteiger partial charge in [0.15, 0.2) is 0 Å². The van der Waals surface area contributed by atoms with Gasteiger partial charge >= 0.3 is 0 Å². The van der Waals surface area contributed by atoms with Gasteiger partial charge in [-0.1, -0.05) is 30.3 Å². The molecule has 0 heterocycles. The van der Waals surface area contributed by atoms with E-state index in [1.54, 1.807) is 37.3 Å². The molecule has 100 valence electrons. The normalized spacial score (nSPS) is 11.5. The summed E-state index contributed by atoms with van der Waals surface area (Å²) >= 11 is 0. The van der Waals surface area contributed by atoms with E-state index in [0.717, 1.165) is 0 Å². The number of hydrogen-bond donors (Lipinski definition) is 1. The Morgan fingerprint density at radius 1 is 1.11 bits per heavy atom. The Balaban J connectivity index is 2.12. The predicted molar refractivity (Wildman–Crippen MR) is 71.6 cm³/mol. The highest BCUT2D eigenvalue weighted by Crippen LogP contribution is 2.11. The first-order chi connectivity index (χ1) is 8.99. The Kier molecular flexibility index (Phi) is 3.97. The maximum Gasteiger partial charge on any atom is 0.240 e. The molecule has 3 nitrogen and oxygen atoms in total. The Labute approximate surface area is 112 Å². The zero-order valence-corrected chi connectivity index (χ0v) is 11.2. The molecule has 0 saturated carbocycles. The average molecular weight is 279 g/mol. The number of benzene rings is 2. The first-order valence-electron chi connectivity index (χ1n) is 5.79. The van der Waals surface area contributed by atoms with Crippen LogP contribution in [0.5, 0.6) is 0 Å². The molecule has 0 aliphatic carbocycles. The van der Waals surface area contributed by atoms with Crippen molar-refractivity contribution in [3.63, 3.8) is 0 Å². The van der Waals surface area contributed by atoms with Gasteiger partial charge < -0.3 is 0 Å². The smallest absolute Gasteiger partial charge is 0.207 e. The fourth-order valence-corrected chi connectivity index (χ4v) is 2.65. The fraction of sp³-hybridized carbons (Fsp3) is 0.143. The van der Waals surface area contributed by atoms with E-state index in [-0.39, 0.29) is 17.3 Å². The van der Waals surface area contributed by atoms with Gasteiger partial charge in [-0.25, -0.2) is 17.5 Å². The molecule has 0 amide bonds. The van der Waals surface area contributed by atoms with E-state index >= 15 is 0 Å². The third kappa shape index (κ3) is 3.39. The van der Waals surface area contributed by atoms with E-state index in [9.17, 15) is 12.8 Å². The minimum absolute atomic E-state index is 0.0639. The van der Waals surface area contributed by atoms with Crippen LogP contribution in [-0.4, -0.2) is 8.42 Å². The molecule has 0 unspecified atom stereocenters. The van der Waals surface area contributed by atoms with Crippen molar-refractivity contribution in [3.8, 4) is 0 Å². The molecular weight excluding hydrogens is 265 g/mol. The summed E-state index contributed by atoms with van der Waals surface area (Å²) in [5.41, 5.74) is 1.12. The average Bonchev–Trinajstić information content (AvgIpc) is 2.41. The van der Waals surface area contributed by atoms with Crippen molar-refractivity contribution in [1.29, 1.82) is 0 Å². The molecule has 2 aromatic carbocycles. The van der Waals surface area contributed by atoms with Crippen LogP contribution in [0, 0.1) is 12.7 Å². The van der Waals surface area contributed by atoms with E-state index < -0.39 is 10.0 Å². The monoisotopic (exact) mass is 279 g/mol. The zero-order valence-electron chi connectivity index (χ0n) is 10.4. The maximum atomic E-state index is 13.3. The molecule has 5 heteroatoms. The maximum absolute atomic E-state index is 13.3. The van der Waals surface area contributed by atoms with Gasteiger partial charge in [-0.15, -0.1) is 0 Å². The van der Waals surface area contributed by atoms with Crippen LogP contribution in [-0.2, 0) is 16.6 Å². The SMILES string of the molecule is Cc1ccc(CNS(=O)(=O)c2ccccc2)cc1F. The molecule has 0 aliphatic rings. The lowest BCUT2D eigenvalue weighted by molar-refractivity contribution is 0.580. The molecule has 0 bridgehead atoms. The highest BCUT2D eigenvalue weighted by Gasteiger charge is 2.12. The molecule has 0 atom stereocenters. The Hall–Kier alpha value is -1.72. The number of rotatable bonds is 4. The van der Waals surface area contributed by atoms with E-state index in [1.807, 2.05) is 0 Å². The molecule has 0 saturated heterocycles. The lowest BCUT2D eigenvalue weighted by Crippen LogP contribution is -2.23. The van der Waals surface area contributed by atoms with Gasteiger partial charge in [0.05, 0.1) is 4.90 Å². The quantitative estimate of drug-likeness (QED) is 0.935. The van der Waals surface area contributed by atoms with Crippen LogP contribution in [0.2, 0.25) is 0 Å². The summed E-state index contributed by atoms with van der Waals surface area (Å²) < 4.78 is 39.7. The van der Waals surface area contributed by atoms with E-state index in [4.69, 9.17) is 0 Å². The number of nitrogens with one attached hydrogen (secondary N) is 1. The number of aryl methyl sites for hydroxylation is 1. The van der Waals surface area contributed by atoms with Gasteiger partial charge in [0.1, 0.15) is 5.82 Å². The van der Waals surface area contributed by atoms with Gasteiger partial charge in [0.25, 0.3) is 0 Å². The van der Waals surface area contributed by atoms with Crippen LogP contribution >= 0.6 is 0 Å². The fourth-order valence-electron chi connectivity index (χ4n) is 1.61. The Bertz CT molecular complexity index is 669. The number of hydrogen-bond acceptors (Lipinski definition) is 2. The van der Waals surface area contributed by atoms with Gasteiger partial charge in [0.2, 0.25) is 10.0 Å². The summed E-state index contributed by atoms with van der Waals surface area (Å²) in [6.07, 6.45) is 0. The zero-order chi connectivity index (χ0) is 13.9. The summed E-state index contributed by atoms with van der Waals surface area (Å²) in [5, 5.41) is 0. The van der Waals surface area contributed by atoms with Crippen molar-refractivity contribution in [2.24, 2.45) is 0 Å². The highest BCUT2D eigenvalue weighted by molar-refractivity contribution is 7.89. The summed E-state index contributed by atoms with van der Waals surface area (Å²) in [4.78, 5) is 0.197. The molecule has 19 heavy (non-hydrogen) atoms. The first kappa shape index (κ1) is 13.7. The second-order valence-corrected chi connectivity index (χ2v) is 5.99. The van der Waals surface area contributed by atoms with Gasteiger partial charge in [-0.05, 0) is 36.2 Å². The molecule has 0 aliphatic heterocycles. The molecule has 2 aromatic rings. The Morgan fingerprint density at radius 2 is 1.79 bits per heavy atom. The van der Waals surface area contributed by atoms with E-state index in [0.29, 0.717) is 11.1 Å². The lowest BCUT2D eigenvalue weighted by Gasteiger charge is -2.07. The van der Waals surface area contributed by atoms with Crippen molar-refractivity contribution >= 4 is 10.0 Å². The third-order valence-corrected chi connectivity index (χ3v) is 4.17. The standard InChI is InChI=1S/C14H14FNO2S/c1-11-7-8-12(9-14(11)15)10-16-19(17,18)13-5-3-2-4-6-13/h2-9,16H,10H2,1H3. The van der Waals surface area contributed by atoms with Crippen LogP contribution < -0.4 is 4.72 Å². The second-order valence-electron chi connectivity index (χ2n) is 4.22. The summed E-state index contributed by atoms with van der Waals surface area (Å²) in [5.74, 6) is -0.337. The van der Waals surface area contributed by atoms with Crippen LogP contribution in [0.3, 0.4) is 0 Å². The third-order valence-electron chi connectivity index (χ3n) is 2.76. The second kappa shape index (κ2) is 5.50. The first-order valence-corrected chi connectivity index (χ1v) is 7.27. The van der Waals surface area contributed by atoms with Crippen LogP contribution in [0.15, 0.2) is 53.4 Å². The van der Waals surface area contributed by atoms with Gasteiger partial charge in [-0.2, -0.15) is 0 Å². The van der Waals surface area contributed by atoms with Crippen LogP contribution in [0.25, 0.3) is 0 Å². The van der Waals surface area contributed by atoms with E-state index in [1.165, 1.54) is 18.2 Å². The Morgan fingerprint density at radius 3 is 2.42 bits per heavy atom. The van der Waals surface area contributed by atoms with Crippen molar-refractivity contribution in [1.82, 2.24) is 4.72 Å². The summed E-state index contributed by atoms with van der Waals surface area (Å²) in [6.45, 7) is 1.72. The van der Waals surface area contributed by atoms with Crippen molar-refractivity contribution < 1.29 is 12.8 Å². The summed E-state index contributed by atoms with van der Waals surface area (Å²) in [7, 11) is -3.55. The van der Waals surface area contributed by atoms with E-state index in [2.05, 4.69) is 4.72 Å². The van der Waals surface area contributed by atoms with Crippen LogP contribution in [0.4, 0.5) is 4.39 Å². The van der Waals surface area contributed by atoms with Crippen molar-refractivity contribution in [2.45, 2.75) is 18.4 Å². The molecule has 2 rings (SSSR count). The molecule has 0 spiro atoms. The topological polar surface area (TPSA) is 46.2 Å². The molecule has 0 fully saturated rings.